The zero-order valence-electron chi connectivity index (χ0n) is 20.0. The highest BCUT2D eigenvalue weighted by Crippen LogP contribution is 2.35. The summed E-state index contributed by atoms with van der Waals surface area (Å²) in [5.74, 6) is -0.595. The van der Waals surface area contributed by atoms with Crippen molar-refractivity contribution in [3.63, 3.8) is 0 Å². The molecular formula is C23H25F3N8O2. The fourth-order valence-corrected chi connectivity index (χ4v) is 4.50. The number of ether oxygens (including phenoxy) is 1. The molecular weight excluding hydrogens is 477 g/mol. The molecule has 1 fully saturated rings. The summed E-state index contributed by atoms with van der Waals surface area (Å²) in [5.41, 5.74) is 2.06. The van der Waals surface area contributed by atoms with E-state index in [9.17, 15) is 13.6 Å². The van der Waals surface area contributed by atoms with Crippen molar-refractivity contribution in [2.45, 2.75) is 38.5 Å². The number of carbonyl (C=O) groups excluding carboxylic acids is 1. The Labute approximate surface area is 204 Å². The molecule has 3 atom stereocenters. The van der Waals surface area contributed by atoms with Gasteiger partial charge in [-0.15, -0.1) is 10.2 Å². The van der Waals surface area contributed by atoms with Crippen LogP contribution >= 0.6 is 0 Å². The fraction of sp³-hybridized carbons (Fsp3) is 0.435. The SMILES string of the molecule is COc1nc(N[C@H]2CCN(C(C)=O)C[C@H]2F)nn2cc(F)c(-c3ccc4nnn([C@@H](C)CF)c4c3)c12. The van der Waals surface area contributed by atoms with Gasteiger partial charge in [0.25, 0.3) is 0 Å². The molecule has 36 heavy (non-hydrogen) atoms. The van der Waals surface area contributed by atoms with Gasteiger partial charge in [-0.1, -0.05) is 11.3 Å². The maximum absolute atomic E-state index is 15.3. The number of rotatable bonds is 6. The van der Waals surface area contributed by atoms with Crippen molar-refractivity contribution in [1.82, 2.24) is 34.5 Å². The molecule has 1 aliphatic rings. The predicted molar refractivity (Wildman–Crippen MR) is 126 cm³/mol. The van der Waals surface area contributed by atoms with Crippen LogP contribution in [-0.4, -0.2) is 79.5 Å². The van der Waals surface area contributed by atoms with E-state index < -0.39 is 30.7 Å². The van der Waals surface area contributed by atoms with Gasteiger partial charge in [-0.3, -0.25) is 4.79 Å². The van der Waals surface area contributed by atoms with Crippen LogP contribution in [0.5, 0.6) is 5.88 Å². The first-order chi connectivity index (χ1) is 17.3. The third kappa shape index (κ3) is 4.07. The van der Waals surface area contributed by atoms with Crippen molar-refractivity contribution in [2.75, 3.05) is 32.2 Å². The molecule has 190 valence electrons. The van der Waals surface area contributed by atoms with Crippen LogP contribution in [0.2, 0.25) is 0 Å². The lowest BCUT2D eigenvalue weighted by molar-refractivity contribution is -0.131. The molecule has 1 aliphatic heterocycles. The molecule has 3 aromatic heterocycles. The number of likely N-dealkylation sites (tertiary alicyclic amines) is 1. The van der Waals surface area contributed by atoms with Crippen LogP contribution in [-0.2, 0) is 4.79 Å². The molecule has 0 bridgehead atoms. The van der Waals surface area contributed by atoms with Crippen molar-refractivity contribution in [2.24, 2.45) is 0 Å². The summed E-state index contributed by atoms with van der Waals surface area (Å²) in [5, 5.41) is 15.4. The average Bonchev–Trinajstić information content (AvgIpc) is 3.43. The number of methoxy groups -OCH3 is 1. The van der Waals surface area contributed by atoms with Gasteiger partial charge >= 0.3 is 0 Å². The number of nitrogens with one attached hydrogen (secondary N) is 1. The van der Waals surface area contributed by atoms with Gasteiger partial charge in [0.1, 0.15) is 23.9 Å². The number of piperidine rings is 1. The summed E-state index contributed by atoms with van der Waals surface area (Å²) in [6.07, 6.45) is 0.242. The van der Waals surface area contributed by atoms with Gasteiger partial charge < -0.3 is 15.0 Å². The Morgan fingerprint density at radius 2 is 2.17 bits per heavy atom. The quantitative estimate of drug-likeness (QED) is 0.432. The second kappa shape index (κ2) is 9.28. The first-order valence-electron chi connectivity index (χ1n) is 11.5. The number of nitrogens with zero attached hydrogens (tertiary/aromatic N) is 7. The zero-order valence-corrected chi connectivity index (χ0v) is 20.0. The Balaban J connectivity index is 1.52. The molecule has 1 amide bonds. The van der Waals surface area contributed by atoms with Crippen LogP contribution in [0, 0.1) is 5.82 Å². The maximum Gasteiger partial charge on any atom is 0.244 e. The first-order valence-corrected chi connectivity index (χ1v) is 11.5. The van der Waals surface area contributed by atoms with E-state index >= 15 is 4.39 Å². The smallest absolute Gasteiger partial charge is 0.244 e. The van der Waals surface area contributed by atoms with Crippen LogP contribution in [0.3, 0.4) is 0 Å². The van der Waals surface area contributed by atoms with E-state index in [1.807, 2.05) is 0 Å². The van der Waals surface area contributed by atoms with Gasteiger partial charge in [0, 0.05) is 13.5 Å². The number of benzene rings is 1. The normalized spacial score (nSPS) is 19.1. The third-order valence-corrected chi connectivity index (χ3v) is 6.45. The van der Waals surface area contributed by atoms with E-state index in [-0.39, 0.29) is 35.4 Å². The van der Waals surface area contributed by atoms with Crippen molar-refractivity contribution in [3.8, 4) is 17.0 Å². The van der Waals surface area contributed by atoms with Gasteiger partial charge in [-0.05, 0) is 31.0 Å². The fourth-order valence-electron chi connectivity index (χ4n) is 4.50. The Hall–Kier alpha value is -3.90. The van der Waals surface area contributed by atoms with Crippen molar-refractivity contribution >= 4 is 28.4 Å². The van der Waals surface area contributed by atoms with E-state index in [1.165, 1.54) is 34.3 Å². The molecule has 4 heterocycles. The first kappa shape index (κ1) is 23.8. The predicted octanol–water partition coefficient (Wildman–Crippen LogP) is 3.19. The Morgan fingerprint density at radius 3 is 2.86 bits per heavy atom. The van der Waals surface area contributed by atoms with E-state index in [2.05, 4.69) is 25.7 Å². The molecule has 4 aromatic rings. The van der Waals surface area contributed by atoms with Crippen LogP contribution < -0.4 is 10.1 Å². The lowest BCUT2D eigenvalue weighted by Gasteiger charge is -2.34. The van der Waals surface area contributed by atoms with E-state index in [0.29, 0.717) is 29.6 Å². The van der Waals surface area contributed by atoms with Gasteiger partial charge in [-0.25, -0.2) is 22.4 Å². The van der Waals surface area contributed by atoms with Crippen molar-refractivity contribution in [1.29, 1.82) is 0 Å². The number of carbonyl (C=O) groups is 1. The number of fused-ring (bicyclic) bond motifs is 2. The Morgan fingerprint density at radius 1 is 1.36 bits per heavy atom. The topological polar surface area (TPSA) is 102 Å². The van der Waals surface area contributed by atoms with Gasteiger partial charge in [0.05, 0.1) is 43.0 Å². The largest absolute Gasteiger partial charge is 0.479 e. The molecule has 0 aliphatic carbocycles. The third-order valence-electron chi connectivity index (χ3n) is 6.45. The summed E-state index contributed by atoms with van der Waals surface area (Å²) in [6, 6.07) is 3.90. The average molecular weight is 503 g/mol. The number of aromatic nitrogens is 6. The number of anilines is 1. The number of amides is 1. The monoisotopic (exact) mass is 502 g/mol. The standard InChI is InChI=1S/C23H25F3N8O2/c1-12(9-24)34-19-8-14(4-5-18(19)29-31-34)20-16(26)11-33-21(20)22(36-3)28-23(30-33)27-17-6-7-32(13(2)35)10-15(17)25/h4-5,8,11-12,15,17H,6-7,9-10H2,1-3H3,(H,27,30)/t12-,15+,17-/m0/s1. The van der Waals surface area contributed by atoms with E-state index in [4.69, 9.17) is 4.74 Å². The van der Waals surface area contributed by atoms with Gasteiger partial charge in [0.15, 0.2) is 5.82 Å². The second-order valence-electron chi connectivity index (χ2n) is 8.85. The summed E-state index contributed by atoms with van der Waals surface area (Å²) in [6.45, 7) is 2.83. The van der Waals surface area contributed by atoms with Crippen molar-refractivity contribution < 1.29 is 22.7 Å². The maximum atomic E-state index is 15.3. The molecule has 0 radical (unpaired) electrons. The van der Waals surface area contributed by atoms with Gasteiger partial charge in [0.2, 0.25) is 17.7 Å². The highest BCUT2D eigenvalue weighted by Gasteiger charge is 2.31. The van der Waals surface area contributed by atoms with Gasteiger partial charge in [-0.2, -0.15) is 4.98 Å². The highest BCUT2D eigenvalue weighted by atomic mass is 19.1. The number of alkyl halides is 2. The molecule has 13 heteroatoms. The molecule has 0 saturated carbocycles. The summed E-state index contributed by atoms with van der Waals surface area (Å²) in [4.78, 5) is 17.4. The molecule has 5 rings (SSSR count). The van der Waals surface area contributed by atoms with Crippen LogP contribution in [0.1, 0.15) is 26.3 Å². The minimum absolute atomic E-state index is 0.0242. The number of hydrogen-bond acceptors (Lipinski definition) is 7. The minimum atomic E-state index is -1.32. The van der Waals surface area contributed by atoms with E-state index in [0.717, 1.165) is 0 Å². The summed E-state index contributed by atoms with van der Waals surface area (Å²) in [7, 11) is 1.40. The van der Waals surface area contributed by atoms with Crippen LogP contribution in [0.25, 0.3) is 27.7 Å². The summed E-state index contributed by atoms with van der Waals surface area (Å²) >= 11 is 0. The molecule has 1 saturated heterocycles. The van der Waals surface area contributed by atoms with Crippen LogP contribution in [0.15, 0.2) is 24.4 Å². The molecule has 10 nitrogen and oxygen atoms in total. The second-order valence-corrected chi connectivity index (χ2v) is 8.85. The van der Waals surface area contributed by atoms with Crippen molar-refractivity contribution in [3.05, 3.63) is 30.2 Å². The molecule has 1 aromatic carbocycles. The Bertz CT molecular complexity index is 1440. The zero-order chi connectivity index (χ0) is 25.6. The number of halogens is 3. The van der Waals surface area contributed by atoms with E-state index in [1.54, 1.807) is 25.1 Å². The Kier molecular flexibility index (Phi) is 6.14. The number of hydrogen-bond donors (Lipinski definition) is 1. The summed E-state index contributed by atoms with van der Waals surface area (Å²) < 4.78 is 51.4. The lowest BCUT2D eigenvalue weighted by Crippen LogP contribution is -2.49. The molecule has 1 N–H and O–H groups in total. The minimum Gasteiger partial charge on any atom is -0.479 e. The molecule has 0 spiro atoms. The van der Waals surface area contributed by atoms with Crippen LogP contribution in [0.4, 0.5) is 19.1 Å². The lowest BCUT2D eigenvalue weighted by atomic mass is 10.0. The highest BCUT2D eigenvalue weighted by molar-refractivity contribution is 5.89. The molecule has 0 unspecified atom stereocenters.